The zero-order valence-electron chi connectivity index (χ0n) is 12.2. The number of nitrogens with one attached hydrogen (secondary N) is 1. The molecule has 0 radical (unpaired) electrons. The maximum absolute atomic E-state index is 5.81. The molecule has 0 aromatic heterocycles. The predicted molar refractivity (Wildman–Crippen MR) is 75.4 cm³/mol. The topological polar surface area (TPSA) is 33.7 Å². The molecule has 1 aliphatic carbocycles. The lowest BCUT2D eigenvalue weighted by Crippen LogP contribution is -2.52. The Hall–Kier alpha value is -0.160. The van der Waals surface area contributed by atoms with Crippen LogP contribution in [0.25, 0.3) is 0 Å². The van der Waals surface area contributed by atoms with Crippen LogP contribution in [0, 0.1) is 5.41 Å². The number of morpholine rings is 1. The van der Waals surface area contributed by atoms with Crippen molar-refractivity contribution < 1.29 is 9.47 Å². The standard InChI is InChI=1S/C15H28N2O2/c1-13-9-17(6-8-19-13)11-15(5-2-7-18-12-15)10-16-14-3-4-14/h13-14,16H,2-12H2,1H3. The molecule has 0 aromatic rings. The molecule has 4 heteroatoms. The van der Waals surface area contributed by atoms with Crippen molar-refractivity contribution in [1.29, 1.82) is 0 Å². The number of nitrogens with zero attached hydrogens (tertiary/aromatic N) is 1. The molecule has 2 heterocycles. The van der Waals surface area contributed by atoms with Crippen LogP contribution in [0.1, 0.15) is 32.6 Å². The van der Waals surface area contributed by atoms with Gasteiger partial charge in [-0.15, -0.1) is 0 Å². The Balaban J connectivity index is 1.56. The summed E-state index contributed by atoms with van der Waals surface area (Å²) in [6.07, 6.45) is 5.63. The second kappa shape index (κ2) is 6.08. The van der Waals surface area contributed by atoms with Crippen molar-refractivity contribution in [3.8, 4) is 0 Å². The Morgan fingerprint density at radius 2 is 2.21 bits per heavy atom. The first-order chi connectivity index (χ1) is 9.26. The molecule has 4 nitrogen and oxygen atoms in total. The smallest absolute Gasteiger partial charge is 0.0674 e. The van der Waals surface area contributed by atoms with Gasteiger partial charge in [-0.1, -0.05) is 0 Å². The number of hydrogen-bond donors (Lipinski definition) is 1. The molecule has 19 heavy (non-hydrogen) atoms. The molecular weight excluding hydrogens is 240 g/mol. The summed E-state index contributed by atoms with van der Waals surface area (Å²) in [6, 6.07) is 0.794. The molecule has 2 atom stereocenters. The Morgan fingerprint density at radius 3 is 2.89 bits per heavy atom. The summed E-state index contributed by atoms with van der Waals surface area (Å²) < 4.78 is 11.5. The first-order valence-corrected chi connectivity index (χ1v) is 7.91. The highest BCUT2D eigenvalue weighted by Gasteiger charge is 2.37. The van der Waals surface area contributed by atoms with Crippen molar-refractivity contribution in [1.82, 2.24) is 10.2 Å². The quantitative estimate of drug-likeness (QED) is 0.814. The van der Waals surface area contributed by atoms with E-state index in [0.717, 1.165) is 45.5 Å². The van der Waals surface area contributed by atoms with Gasteiger partial charge in [0.15, 0.2) is 0 Å². The van der Waals surface area contributed by atoms with E-state index >= 15 is 0 Å². The Kier molecular flexibility index (Phi) is 4.42. The van der Waals surface area contributed by atoms with Crippen molar-refractivity contribution >= 4 is 0 Å². The lowest BCUT2D eigenvalue weighted by atomic mass is 9.81. The maximum Gasteiger partial charge on any atom is 0.0674 e. The summed E-state index contributed by atoms with van der Waals surface area (Å²) in [5.41, 5.74) is 0.331. The third-order valence-corrected chi connectivity index (χ3v) is 4.63. The molecule has 3 aliphatic rings. The van der Waals surface area contributed by atoms with E-state index in [-0.39, 0.29) is 0 Å². The van der Waals surface area contributed by atoms with Crippen molar-refractivity contribution in [3.05, 3.63) is 0 Å². The zero-order chi connectivity index (χ0) is 13.1. The molecule has 3 fully saturated rings. The average Bonchev–Trinajstić information content (AvgIpc) is 3.22. The first-order valence-electron chi connectivity index (χ1n) is 7.91. The number of hydrogen-bond acceptors (Lipinski definition) is 4. The van der Waals surface area contributed by atoms with Crippen LogP contribution in [0.3, 0.4) is 0 Å². The van der Waals surface area contributed by atoms with E-state index < -0.39 is 0 Å². The Labute approximate surface area is 116 Å². The van der Waals surface area contributed by atoms with Crippen LogP contribution in [0.15, 0.2) is 0 Å². The van der Waals surface area contributed by atoms with E-state index in [0.29, 0.717) is 11.5 Å². The molecule has 0 spiro atoms. The highest BCUT2D eigenvalue weighted by atomic mass is 16.5. The van der Waals surface area contributed by atoms with E-state index in [9.17, 15) is 0 Å². The third kappa shape index (κ3) is 3.91. The minimum atomic E-state index is 0.331. The normalized spacial score (nSPS) is 37.4. The van der Waals surface area contributed by atoms with Gasteiger partial charge in [-0.25, -0.2) is 0 Å². The monoisotopic (exact) mass is 268 g/mol. The summed E-state index contributed by atoms with van der Waals surface area (Å²) >= 11 is 0. The summed E-state index contributed by atoms with van der Waals surface area (Å²) in [4.78, 5) is 2.58. The largest absolute Gasteiger partial charge is 0.381 e. The van der Waals surface area contributed by atoms with Gasteiger partial charge in [0.1, 0.15) is 0 Å². The maximum atomic E-state index is 5.81. The Bertz CT molecular complexity index is 288. The molecule has 0 amide bonds. The van der Waals surface area contributed by atoms with E-state index in [1.165, 1.54) is 32.2 Å². The van der Waals surface area contributed by atoms with Gasteiger partial charge in [-0.2, -0.15) is 0 Å². The average molecular weight is 268 g/mol. The Morgan fingerprint density at radius 1 is 1.32 bits per heavy atom. The molecule has 0 bridgehead atoms. The lowest BCUT2D eigenvalue weighted by Gasteiger charge is -2.43. The second-order valence-corrected chi connectivity index (χ2v) is 6.73. The van der Waals surface area contributed by atoms with E-state index in [1.807, 2.05) is 0 Å². The van der Waals surface area contributed by atoms with Crippen LogP contribution in [-0.4, -0.2) is 63.0 Å². The molecule has 110 valence electrons. The summed E-state index contributed by atoms with van der Waals surface area (Å²) in [5.74, 6) is 0. The van der Waals surface area contributed by atoms with Crippen LogP contribution in [-0.2, 0) is 9.47 Å². The van der Waals surface area contributed by atoms with Crippen LogP contribution >= 0.6 is 0 Å². The van der Waals surface area contributed by atoms with Gasteiger partial charge in [-0.3, -0.25) is 4.90 Å². The van der Waals surface area contributed by atoms with Crippen LogP contribution in [0.2, 0.25) is 0 Å². The minimum Gasteiger partial charge on any atom is -0.381 e. The molecule has 0 aromatic carbocycles. The van der Waals surface area contributed by atoms with Crippen molar-refractivity contribution in [2.45, 2.75) is 44.8 Å². The predicted octanol–water partition coefficient (Wildman–Crippen LogP) is 1.26. The van der Waals surface area contributed by atoms with Gasteiger partial charge in [0.2, 0.25) is 0 Å². The molecule has 2 saturated heterocycles. The highest BCUT2D eigenvalue weighted by Crippen LogP contribution is 2.31. The van der Waals surface area contributed by atoms with Gasteiger partial charge in [-0.05, 0) is 32.6 Å². The second-order valence-electron chi connectivity index (χ2n) is 6.73. The van der Waals surface area contributed by atoms with Crippen LogP contribution in [0.5, 0.6) is 0 Å². The summed E-state index contributed by atoms with van der Waals surface area (Å²) in [7, 11) is 0. The van der Waals surface area contributed by atoms with Crippen LogP contribution < -0.4 is 5.32 Å². The fraction of sp³-hybridized carbons (Fsp3) is 1.00. The zero-order valence-corrected chi connectivity index (χ0v) is 12.2. The molecule has 2 unspecified atom stereocenters. The SMILES string of the molecule is CC1CN(CC2(CNC3CC3)CCCOC2)CCO1. The molecule has 3 rings (SSSR count). The highest BCUT2D eigenvalue weighted by molar-refractivity contribution is 4.91. The number of rotatable bonds is 5. The van der Waals surface area contributed by atoms with Gasteiger partial charge in [0.05, 0.1) is 19.3 Å². The first kappa shape index (κ1) is 13.8. The van der Waals surface area contributed by atoms with Gasteiger partial charge >= 0.3 is 0 Å². The van der Waals surface area contributed by atoms with Crippen molar-refractivity contribution in [2.75, 3.05) is 46.0 Å². The van der Waals surface area contributed by atoms with E-state index in [2.05, 4.69) is 17.1 Å². The summed E-state index contributed by atoms with van der Waals surface area (Å²) in [5, 5.41) is 3.73. The molecular formula is C15H28N2O2. The van der Waals surface area contributed by atoms with E-state index in [4.69, 9.17) is 9.47 Å². The van der Waals surface area contributed by atoms with Crippen LogP contribution in [0.4, 0.5) is 0 Å². The molecule has 1 saturated carbocycles. The molecule has 1 N–H and O–H groups in total. The van der Waals surface area contributed by atoms with Gasteiger partial charge < -0.3 is 14.8 Å². The number of ether oxygens (including phenoxy) is 2. The van der Waals surface area contributed by atoms with Gasteiger partial charge in [0.25, 0.3) is 0 Å². The minimum absolute atomic E-state index is 0.331. The summed E-state index contributed by atoms with van der Waals surface area (Å²) in [6.45, 7) is 9.39. The third-order valence-electron chi connectivity index (χ3n) is 4.63. The molecule has 2 aliphatic heterocycles. The van der Waals surface area contributed by atoms with Crippen molar-refractivity contribution in [3.63, 3.8) is 0 Å². The fourth-order valence-electron chi connectivity index (χ4n) is 3.39. The van der Waals surface area contributed by atoms with Crippen molar-refractivity contribution in [2.24, 2.45) is 5.41 Å². The van der Waals surface area contributed by atoms with Gasteiger partial charge in [0, 0.05) is 44.2 Å². The lowest BCUT2D eigenvalue weighted by molar-refractivity contribution is -0.0641. The fourth-order valence-corrected chi connectivity index (χ4v) is 3.39. The van der Waals surface area contributed by atoms with E-state index in [1.54, 1.807) is 0 Å².